The standard InChI is InChI=1S/C17H8F5NO4/c18-16(19,17(20,21)22)10-5-3-4-9(8-10)15(26)27-23-13(24)11-6-1-2-7-12(11)14(23)25/h1-8H. The van der Waals surface area contributed by atoms with E-state index in [1.54, 1.807) is 0 Å². The lowest BCUT2D eigenvalue weighted by atomic mass is 10.0. The molecule has 2 aromatic rings. The van der Waals surface area contributed by atoms with E-state index in [0.717, 1.165) is 12.1 Å². The molecular weight excluding hydrogens is 377 g/mol. The van der Waals surface area contributed by atoms with E-state index in [2.05, 4.69) is 4.84 Å². The van der Waals surface area contributed by atoms with E-state index < -0.39 is 41.0 Å². The molecule has 0 spiro atoms. The Hall–Kier alpha value is -3.30. The molecule has 0 saturated heterocycles. The number of imide groups is 1. The zero-order valence-corrected chi connectivity index (χ0v) is 13.1. The predicted octanol–water partition coefficient (Wildman–Crippen LogP) is 3.71. The number of hydrogen-bond donors (Lipinski definition) is 0. The van der Waals surface area contributed by atoms with Crippen LogP contribution in [0.3, 0.4) is 0 Å². The third-order valence-corrected chi connectivity index (χ3v) is 3.75. The largest absolute Gasteiger partial charge is 0.458 e. The van der Waals surface area contributed by atoms with Crippen LogP contribution in [0.1, 0.15) is 36.6 Å². The minimum absolute atomic E-state index is 0.0346. The van der Waals surface area contributed by atoms with E-state index in [9.17, 15) is 36.3 Å². The number of hydroxylamine groups is 2. The average Bonchev–Trinajstić information content (AvgIpc) is 2.86. The molecule has 0 aromatic heterocycles. The van der Waals surface area contributed by atoms with Gasteiger partial charge in [0.15, 0.2) is 0 Å². The van der Waals surface area contributed by atoms with Crippen LogP contribution in [0.5, 0.6) is 0 Å². The first-order valence-electron chi connectivity index (χ1n) is 7.29. The summed E-state index contributed by atoms with van der Waals surface area (Å²) in [6, 6.07) is 8.06. The molecule has 0 atom stereocenters. The number of hydrogen-bond acceptors (Lipinski definition) is 4. The smallest absolute Gasteiger partial charge is 0.324 e. The highest BCUT2D eigenvalue weighted by Gasteiger charge is 2.58. The summed E-state index contributed by atoms with van der Waals surface area (Å²) in [5.41, 5.74) is -2.24. The van der Waals surface area contributed by atoms with Gasteiger partial charge in [-0.05, 0) is 24.3 Å². The van der Waals surface area contributed by atoms with Gasteiger partial charge in [0.1, 0.15) is 0 Å². The molecule has 0 unspecified atom stereocenters. The Morgan fingerprint density at radius 3 is 1.93 bits per heavy atom. The Morgan fingerprint density at radius 2 is 1.41 bits per heavy atom. The monoisotopic (exact) mass is 385 g/mol. The first-order chi connectivity index (χ1) is 12.5. The van der Waals surface area contributed by atoms with Crippen LogP contribution in [0, 0.1) is 0 Å². The molecular formula is C17H8F5NO4. The molecule has 1 aliphatic rings. The Balaban J connectivity index is 1.86. The van der Waals surface area contributed by atoms with Crippen molar-refractivity contribution in [1.82, 2.24) is 5.06 Å². The maximum absolute atomic E-state index is 13.4. The second-order valence-corrected chi connectivity index (χ2v) is 5.48. The van der Waals surface area contributed by atoms with Crippen LogP contribution in [-0.2, 0) is 10.8 Å². The first kappa shape index (κ1) is 18.5. The van der Waals surface area contributed by atoms with Crippen LogP contribution < -0.4 is 0 Å². The predicted molar refractivity (Wildman–Crippen MR) is 78.7 cm³/mol. The fraction of sp³-hybridized carbons (Fsp3) is 0.118. The van der Waals surface area contributed by atoms with Crippen molar-refractivity contribution in [1.29, 1.82) is 0 Å². The lowest BCUT2D eigenvalue weighted by molar-refractivity contribution is -0.289. The van der Waals surface area contributed by atoms with Crippen LogP contribution in [0.2, 0.25) is 0 Å². The van der Waals surface area contributed by atoms with Crippen LogP contribution >= 0.6 is 0 Å². The Bertz CT molecular complexity index is 919. The molecule has 1 heterocycles. The maximum atomic E-state index is 13.4. The maximum Gasteiger partial charge on any atom is 0.458 e. The molecule has 0 bridgehead atoms. The van der Waals surface area contributed by atoms with E-state index in [-0.39, 0.29) is 22.3 Å². The van der Waals surface area contributed by atoms with Gasteiger partial charge < -0.3 is 4.84 Å². The number of fused-ring (bicyclic) bond motifs is 1. The van der Waals surface area contributed by atoms with Gasteiger partial charge in [-0.15, -0.1) is 0 Å². The van der Waals surface area contributed by atoms with Gasteiger partial charge in [-0.25, -0.2) is 4.79 Å². The number of amides is 2. The van der Waals surface area contributed by atoms with E-state index in [1.165, 1.54) is 24.3 Å². The molecule has 0 saturated carbocycles. The van der Waals surface area contributed by atoms with E-state index in [0.29, 0.717) is 6.07 Å². The van der Waals surface area contributed by atoms with Gasteiger partial charge in [-0.3, -0.25) is 9.59 Å². The third kappa shape index (κ3) is 3.03. The molecule has 2 aromatic carbocycles. The summed E-state index contributed by atoms with van der Waals surface area (Å²) in [6.07, 6.45) is -5.86. The highest BCUT2D eigenvalue weighted by atomic mass is 19.4. The molecule has 2 amide bonds. The number of nitrogens with zero attached hydrogens (tertiary/aromatic N) is 1. The molecule has 0 fully saturated rings. The van der Waals surface area contributed by atoms with Crippen LogP contribution in [0.4, 0.5) is 22.0 Å². The molecule has 0 N–H and O–H groups in total. The zero-order chi connectivity index (χ0) is 20.0. The van der Waals surface area contributed by atoms with Gasteiger partial charge in [0.2, 0.25) is 0 Å². The van der Waals surface area contributed by atoms with Gasteiger partial charge in [0.25, 0.3) is 11.8 Å². The van der Waals surface area contributed by atoms with Crippen molar-refractivity contribution in [2.45, 2.75) is 12.1 Å². The van der Waals surface area contributed by atoms with Crippen molar-refractivity contribution in [2.75, 3.05) is 0 Å². The lowest BCUT2D eigenvalue weighted by Gasteiger charge is -2.20. The minimum Gasteiger partial charge on any atom is -0.324 e. The highest BCUT2D eigenvalue weighted by Crippen LogP contribution is 2.43. The van der Waals surface area contributed by atoms with Crippen molar-refractivity contribution >= 4 is 17.8 Å². The molecule has 0 aliphatic carbocycles. The zero-order valence-electron chi connectivity index (χ0n) is 13.1. The summed E-state index contributed by atoms with van der Waals surface area (Å²) >= 11 is 0. The molecule has 3 rings (SSSR count). The van der Waals surface area contributed by atoms with Gasteiger partial charge in [0.05, 0.1) is 16.7 Å². The number of halogens is 5. The lowest BCUT2D eigenvalue weighted by Crippen LogP contribution is -2.34. The second kappa shape index (κ2) is 6.15. The summed E-state index contributed by atoms with van der Waals surface area (Å²) in [4.78, 5) is 40.9. The SMILES string of the molecule is O=C(ON1C(=O)c2ccccc2C1=O)c1cccc(C(F)(F)C(F)(F)F)c1. The van der Waals surface area contributed by atoms with Gasteiger partial charge >= 0.3 is 18.1 Å². The molecule has 5 nitrogen and oxygen atoms in total. The average molecular weight is 385 g/mol. The van der Waals surface area contributed by atoms with Gasteiger partial charge in [-0.2, -0.15) is 22.0 Å². The minimum atomic E-state index is -5.86. The highest BCUT2D eigenvalue weighted by molar-refractivity contribution is 6.21. The number of rotatable bonds is 3. The molecule has 140 valence electrons. The van der Waals surface area contributed by atoms with Crippen molar-refractivity contribution in [3.8, 4) is 0 Å². The van der Waals surface area contributed by atoms with Crippen molar-refractivity contribution in [2.24, 2.45) is 0 Å². The normalized spacial score (nSPS) is 14.3. The van der Waals surface area contributed by atoms with Gasteiger partial charge in [0, 0.05) is 5.56 Å². The van der Waals surface area contributed by atoms with E-state index in [1.807, 2.05) is 0 Å². The quantitative estimate of drug-likeness (QED) is 0.597. The molecule has 10 heteroatoms. The van der Waals surface area contributed by atoms with Crippen molar-refractivity contribution < 1.29 is 41.2 Å². The second-order valence-electron chi connectivity index (χ2n) is 5.48. The molecule has 27 heavy (non-hydrogen) atoms. The fourth-order valence-corrected chi connectivity index (χ4v) is 2.39. The van der Waals surface area contributed by atoms with Crippen molar-refractivity contribution in [3.05, 3.63) is 70.8 Å². The van der Waals surface area contributed by atoms with E-state index >= 15 is 0 Å². The number of carbonyl (C=O) groups excluding carboxylic acids is 3. The summed E-state index contributed by atoms with van der Waals surface area (Å²) in [5.74, 6) is -8.55. The number of alkyl halides is 5. The summed E-state index contributed by atoms with van der Waals surface area (Å²) in [6.45, 7) is 0. The van der Waals surface area contributed by atoms with Crippen LogP contribution in [-0.4, -0.2) is 29.0 Å². The third-order valence-electron chi connectivity index (χ3n) is 3.75. The topological polar surface area (TPSA) is 63.7 Å². The summed E-state index contributed by atoms with van der Waals surface area (Å²) in [5, 5.41) is 0.127. The Labute approximate surface area is 147 Å². The number of carbonyl (C=O) groups is 3. The van der Waals surface area contributed by atoms with Gasteiger partial charge in [-0.1, -0.05) is 29.3 Å². The van der Waals surface area contributed by atoms with E-state index in [4.69, 9.17) is 0 Å². The Kier molecular flexibility index (Phi) is 4.21. The fourth-order valence-electron chi connectivity index (χ4n) is 2.39. The van der Waals surface area contributed by atoms with Crippen LogP contribution in [0.25, 0.3) is 0 Å². The molecule has 1 aliphatic heterocycles. The molecule has 0 radical (unpaired) electrons. The summed E-state index contributed by atoms with van der Waals surface area (Å²) in [7, 11) is 0. The van der Waals surface area contributed by atoms with Crippen molar-refractivity contribution in [3.63, 3.8) is 0 Å². The van der Waals surface area contributed by atoms with Crippen LogP contribution in [0.15, 0.2) is 48.5 Å². The first-order valence-corrected chi connectivity index (χ1v) is 7.29. The Morgan fingerprint density at radius 1 is 0.852 bits per heavy atom. The number of benzene rings is 2. The summed E-state index contributed by atoms with van der Waals surface area (Å²) < 4.78 is 64.2.